The van der Waals surface area contributed by atoms with Crippen LogP contribution in [0.25, 0.3) is 11.1 Å². The van der Waals surface area contributed by atoms with Gasteiger partial charge in [-0.2, -0.15) is 0 Å². The Hall–Kier alpha value is -3.27. The number of hydrogen-bond acceptors (Lipinski definition) is 3. The number of rotatable bonds is 5. The van der Waals surface area contributed by atoms with Gasteiger partial charge >= 0.3 is 0 Å². The van der Waals surface area contributed by atoms with Crippen LogP contribution in [0.5, 0.6) is 11.5 Å². The van der Waals surface area contributed by atoms with Crippen molar-refractivity contribution in [2.24, 2.45) is 0 Å². The zero-order chi connectivity index (χ0) is 18.5. The number of anilines is 1. The van der Waals surface area contributed by atoms with Crippen molar-refractivity contribution in [1.29, 1.82) is 0 Å². The van der Waals surface area contributed by atoms with E-state index in [0.717, 1.165) is 16.7 Å². The van der Waals surface area contributed by atoms with Crippen LogP contribution in [0, 0.1) is 6.92 Å². The molecule has 0 aromatic heterocycles. The molecule has 3 aromatic carbocycles. The second-order valence-electron chi connectivity index (χ2n) is 6.16. The van der Waals surface area contributed by atoms with Crippen molar-refractivity contribution in [3.05, 3.63) is 78.4 Å². The highest BCUT2D eigenvalue weighted by Crippen LogP contribution is 2.25. The summed E-state index contributed by atoms with van der Waals surface area (Å²) < 4.78 is 5.71. The summed E-state index contributed by atoms with van der Waals surface area (Å²) in [5.41, 5.74) is 3.50. The first-order chi connectivity index (χ1) is 12.5. The van der Waals surface area contributed by atoms with Gasteiger partial charge in [-0.25, -0.2) is 0 Å². The summed E-state index contributed by atoms with van der Waals surface area (Å²) in [5, 5.41) is 12.6. The van der Waals surface area contributed by atoms with Crippen LogP contribution in [-0.2, 0) is 4.79 Å². The molecule has 132 valence electrons. The Balaban J connectivity index is 1.63. The van der Waals surface area contributed by atoms with E-state index in [1.807, 2.05) is 67.6 Å². The number of aromatic hydroxyl groups is 1. The highest BCUT2D eigenvalue weighted by Gasteiger charge is 2.16. The summed E-state index contributed by atoms with van der Waals surface area (Å²) in [5.74, 6) is 0.328. The number of benzene rings is 3. The van der Waals surface area contributed by atoms with Crippen LogP contribution in [0.2, 0.25) is 0 Å². The van der Waals surface area contributed by atoms with E-state index in [4.69, 9.17) is 4.74 Å². The maximum absolute atomic E-state index is 12.3. The third-order valence-corrected chi connectivity index (χ3v) is 4.05. The smallest absolute Gasteiger partial charge is 0.265 e. The standard InChI is InChI=1S/C22H21NO3/c1-15-8-13-20(21(24)14-15)23-22(25)16(2)26-19-11-9-18(10-12-19)17-6-4-3-5-7-17/h3-14,16,24H,1-2H3,(H,23,25). The molecule has 4 heteroatoms. The largest absolute Gasteiger partial charge is 0.506 e. The van der Waals surface area contributed by atoms with Crippen LogP contribution >= 0.6 is 0 Å². The molecule has 0 saturated heterocycles. The average Bonchev–Trinajstić information content (AvgIpc) is 2.65. The van der Waals surface area contributed by atoms with Gasteiger partial charge in [0, 0.05) is 0 Å². The summed E-state index contributed by atoms with van der Waals surface area (Å²) in [6.45, 7) is 3.54. The lowest BCUT2D eigenvalue weighted by molar-refractivity contribution is -0.122. The normalized spacial score (nSPS) is 11.6. The summed E-state index contributed by atoms with van der Waals surface area (Å²) in [7, 11) is 0. The number of carbonyl (C=O) groups excluding carboxylic acids is 1. The number of phenols is 1. The van der Waals surface area contributed by atoms with Crippen LogP contribution < -0.4 is 10.1 Å². The molecule has 0 heterocycles. The van der Waals surface area contributed by atoms with Gasteiger partial charge < -0.3 is 15.2 Å². The fraction of sp³-hybridized carbons (Fsp3) is 0.136. The second-order valence-corrected chi connectivity index (χ2v) is 6.16. The number of nitrogens with one attached hydrogen (secondary N) is 1. The lowest BCUT2D eigenvalue weighted by atomic mass is 10.1. The molecule has 1 amide bonds. The lowest BCUT2D eigenvalue weighted by Crippen LogP contribution is -2.30. The van der Waals surface area contributed by atoms with E-state index in [-0.39, 0.29) is 11.7 Å². The van der Waals surface area contributed by atoms with E-state index in [0.29, 0.717) is 11.4 Å². The van der Waals surface area contributed by atoms with Crippen molar-refractivity contribution in [3.63, 3.8) is 0 Å². The average molecular weight is 347 g/mol. The van der Waals surface area contributed by atoms with E-state index in [1.165, 1.54) is 0 Å². The van der Waals surface area contributed by atoms with Crippen LogP contribution in [0.1, 0.15) is 12.5 Å². The molecule has 0 radical (unpaired) electrons. The maximum Gasteiger partial charge on any atom is 0.265 e. The van der Waals surface area contributed by atoms with Crippen LogP contribution in [0.4, 0.5) is 5.69 Å². The number of hydrogen-bond donors (Lipinski definition) is 2. The number of amides is 1. The van der Waals surface area contributed by atoms with E-state index < -0.39 is 6.10 Å². The van der Waals surface area contributed by atoms with Gasteiger partial charge in [0.25, 0.3) is 5.91 Å². The molecular formula is C22H21NO3. The SMILES string of the molecule is Cc1ccc(NC(=O)C(C)Oc2ccc(-c3ccccc3)cc2)c(O)c1. The lowest BCUT2D eigenvalue weighted by Gasteiger charge is -2.16. The Morgan fingerprint density at radius 2 is 1.62 bits per heavy atom. The topological polar surface area (TPSA) is 58.6 Å². The van der Waals surface area contributed by atoms with Crippen molar-refractivity contribution < 1.29 is 14.6 Å². The predicted molar refractivity (Wildman–Crippen MR) is 103 cm³/mol. The Bertz CT molecular complexity index is 889. The minimum Gasteiger partial charge on any atom is -0.506 e. The maximum atomic E-state index is 12.3. The molecule has 0 saturated carbocycles. The van der Waals surface area contributed by atoms with Gasteiger partial charge in [0.05, 0.1) is 5.69 Å². The van der Waals surface area contributed by atoms with Crippen molar-refractivity contribution in [2.45, 2.75) is 20.0 Å². The molecule has 3 rings (SSSR count). The van der Waals surface area contributed by atoms with Crippen molar-refractivity contribution in [3.8, 4) is 22.6 Å². The summed E-state index contributed by atoms with van der Waals surface area (Å²) in [6.07, 6.45) is -0.696. The molecule has 2 N–H and O–H groups in total. The van der Waals surface area contributed by atoms with Crippen LogP contribution in [-0.4, -0.2) is 17.1 Å². The van der Waals surface area contributed by atoms with Crippen LogP contribution in [0.15, 0.2) is 72.8 Å². The van der Waals surface area contributed by atoms with Gasteiger partial charge in [-0.05, 0) is 54.8 Å². The molecule has 4 nitrogen and oxygen atoms in total. The van der Waals surface area contributed by atoms with Gasteiger partial charge in [0.1, 0.15) is 11.5 Å². The van der Waals surface area contributed by atoms with Gasteiger partial charge in [-0.1, -0.05) is 48.5 Å². The first-order valence-corrected chi connectivity index (χ1v) is 8.45. The predicted octanol–water partition coefficient (Wildman–Crippen LogP) is 4.77. The molecule has 0 spiro atoms. The summed E-state index contributed by atoms with van der Waals surface area (Å²) >= 11 is 0. The minimum atomic E-state index is -0.696. The van der Waals surface area contributed by atoms with Gasteiger partial charge in [0.15, 0.2) is 6.10 Å². The molecule has 0 bridgehead atoms. The fourth-order valence-corrected chi connectivity index (χ4v) is 2.60. The number of aryl methyl sites for hydroxylation is 1. The van der Waals surface area contributed by atoms with Crippen molar-refractivity contribution >= 4 is 11.6 Å². The monoisotopic (exact) mass is 347 g/mol. The minimum absolute atomic E-state index is 0.0396. The first-order valence-electron chi connectivity index (χ1n) is 8.45. The van der Waals surface area contributed by atoms with E-state index >= 15 is 0 Å². The molecule has 0 fully saturated rings. The fourth-order valence-electron chi connectivity index (χ4n) is 2.60. The molecule has 26 heavy (non-hydrogen) atoms. The zero-order valence-electron chi connectivity index (χ0n) is 14.8. The number of ether oxygens (including phenoxy) is 1. The molecular weight excluding hydrogens is 326 g/mol. The second kappa shape index (κ2) is 7.74. The zero-order valence-corrected chi connectivity index (χ0v) is 14.8. The van der Waals surface area contributed by atoms with Gasteiger partial charge in [0.2, 0.25) is 0 Å². The van der Waals surface area contributed by atoms with E-state index in [9.17, 15) is 9.90 Å². The molecule has 0 aliphatic heterocycles. The number of phenolic OH excluding ortho intramolecular Hbond substituents is 1. The quantitative estimate of drug-likeness (QED) is 0.653. The van der Waals surface area contributed by atoms with E-state index in [2.05, 4.69) is 5.32 Å². The molecule has 0 aliphatic rings. The molecule has 0 aliphatic carbocycles. The summed E-state index contributed by atoms with van der Waals surface area (Å²) in [4.78, 5) is 12.3. The van der Waals surface area contributed by atoms with Crippen molar-refractivity contribution in [1.82, 2.24) is 0 Å². The van der Waals surface area contributed by atoms with E-state index in [1.54, 1.807) is 19.1 Å². The number of carbonyl (C=O) groups is 1. The summed E-state index contributed by atoms with van der Waals surface area (Å²) in [6, 6.07) is 22.7. The Labute approximate surface area is 153 Å². The molecule has 1 atom stereocenters. The highest BCUT2D eigenvalue weighted by molar-refractivity contribution is 5.95. The Morgan fingerprint density at radius 1 is 0.962 bits per heavy atom. The highest BCUT2D eigenvalue weighted by atomic mass is 16.5. The molecule has 3 aromatic rings. The first kappa shape index (κ1) is 17.5. The van der Waals surface area contributed by atoms with Gasteiger partial charge in [-0.15, -0.1) is 0 Å². The van der Waals surface area contributed by atoms with Gasteiger partial charge in [-0.3, -0.25) is 4.79 Å². The van der Waals surface area contributed by atoms with Crippen LogP contribution in [0.3, 0.4) is 0 Å². The third-order valence-electron chi connectivity index (χ3n) is 4.05. The van der Waals surface area contributed by atoms with Crippen molar-refractivity contribution in [2.75, 3.05) is 5.32 Å². The molecule has 1 unspecified atom stereocenters. The Morgan fingerprint density at radius 3 is 2.27 bits per heavy atom. The Kier molecular flexibility index (Phi) is 5.23. The third kappa shape index (κ3) is 4.22.